The van der Waals surface area contributed by atoms with Crippen LogP contribution in [0.4, 0.5) is 0 Å². The van der Waals surface area contributed by atoms with Crippen molar-refractivity contribution in [3.8, 4) is 5.75 Å². The van der Waals surface area contributed by atoms with Crippen molar-refractivity contribution >= 4 is 12.6 Å². The summed E-state index contributed by atoms with van der Waals surface area (Å²) in [5.74, 6) is 0.628. The van der Waals surface area contributed by atoms with Crippen LogP contribution in [0.2, 0.25) is 0 Å². The number of hydrogen-bond acceptors (Lipinski definition) is 3. The summed E-state index contributed by atoms with van der Waals surface area (Å²) in [6, 6.07) is 5.18. The van der Waals surface area contributed by atoms with E-state index >= 15 is 0 Å². The Morgan fingerprint density at radius 2 is 1.79 bits per heavy atom. The minimum atomic E-state index is -1.43. The zero-order valence-electron chi connectivity index (χ0n) is 9.11. The van der Waals surface area contributed by atoms with Crippen LogP contribution in [0, 0.1) is 6.92 Å². The third-order valence-corrected chi connectivity index (χ3v) is 1.76. The molecule has 3 nitrogen and oxygen atoms in total. The Hall–Kier alpha value is -0.995. The van der Waals surface area contributed by atoms with Crippen LogP contribution in [0.15, 0.2) is 18.2 Å². The summed E-state index contributed by atoms with van der Waals surface area (Å²) in [5.41, 5.74) is 1.32. The van der Waals surface area contributed by atoms with Crippen molar-refractivity contribution in [1.82, 2.24) is 0 Å². The van der Waals surface area contributed by atoms with Gasteiger partial charge in [-0.15, -0.1) is 0 Å². The van der Waals surface area contributed by atoms with Crippen LogP contribution >= 0.6 is 0 Å². The van der Waals surface area contributed by atoms with Crippen molar-refractivity contribution in [2.45, 2.75) is 20.8 Å². The van der Waals surface area contributed by atoms with Gasteiger partial charge in [-0.05, 0) is 24.5 Å². The molecule has 0 saturated carbocycles. The van der Waals surface area contributed by atoms with E-state index in [0.29, 0.717) is 11.2 Å². The van der Waals surface area contributed by atoms with Gasteiger partial charge in [-0.25, -0.2) is 0 Å². The third kappa shape index (κ3) is 3.40. The first-order valence-electron chi connectivity index (χ1n) is 4.66. The molecule has 0 aromatic heterocycles. The minimum absolute atomic E-state index is 0.481. The van der Waals surface area contributed by atoms with Gasteiger partial charge in [0.25, 0.3) is 0 Å². The topological polar surface area (TPSA) is 49.7 Å². The van der Waals surface area contributed by atoms with Crippen LogP contribution < -0.4 is 10.2 Å². The zero-order valence-corrected chi connectivity index (χ0v) is 9.11. The number of benzene rings is 1. The van der Waals surface area contributed by atoms with Crippen molar-refractivity contribution in [2.75, 3.05) is 7.11 Å². The second kappa shape index (κ2) is 6.46. The van der Waals surface area contributed by atoms with Crippen molar-refractivity contribution in [3.05, 3.63) is 23.8 Å². The monoisotopic (exact) mass is 196 g/mol. The first kappa shape index (κ1) is 13.0. The highest BCUT2D eigenvalue weighted by Gasteiger charge is 2.14. The molecule has 0 atom stereocenters. The van der Waals surface area contributed by atoms with Crippen molar-refractivity contribution in [1.29, 1.82) is 0 Å². The summed E-state index contributed by atoms with van der Waals surface area (Å²) >= 11 is 0. The van der Waals surface area contributed by atoms with Crippen LogP contribution in [-0.2, 0) is 0 Å². The molecule has 0 aliphatic carbocycles. The predicted molar refractivity (Wildman–Crippen MR) is 58.9 cm³/mol. The molecule has 4 heteroatoms. The minimum Gasteiger partial charge on any atom is -0.497 e. The number of rotatable bonds is 2. The molecule has 0 unspecified atom stereocenters. The van der Waals surface area contributed by atoms with E-state index in [9.17, 15) is 0 Å². The van der Waals surface area contributed by atoms with E-state index in [4.69, 9.17) is 14.8 Å². The number of ether oxygens (including phenoxy) is 1. The fourth-order valence-electron chi connectivity index (χ4n) is 1.02. The standard InChI is InChI=1S/C8H11BO3.C2H6/c1-6-3-4-7(12-2)5-8(6)9(10)11;1-2/h3-5,10-11H,1-2H3;1-2H3. The van der Waals surface area contributed by atoms with Crippen LogP contribution in [0.25, 0.3) is 0 Å². The molecule has 0 fully saturated rings. The molecule has 14 heavy (non-hydrogen) atoms. The van der Waals surface area contributed by atoms with Gasteiger partial charge in [-0.2, -0.15) is 0 Å². The van der Waals surface area contributed by atoms with Gasteiger partial charge < -0.3 is 14.8 Å². The van der Waals surface area contributed by atoms with E-state index in [1.165, 1.54) is 7.11 Å². The molecule has 0 radical (unpaired) electrons. The van der Waals surface area contributed by atoms with Crippen LogP contribution in [0.1, 0.15) is 19.4 Å². The maximum atomic E-state index is 8.92. The molecule has 0 spiro atoms. The van der Waals surface area contributed by atoms with E-state index in [-0.39, 0.29) is 0 Å². The Bertz CT molecular complexity index is 274. The third-order valence-electron chi connectivity index (χ3n) is 1.76. The summed E-state index contributed by atoms with van der Waals surface area (Å²) in [7, 11) is 0.109. The van der Waals surface area contributed by atoms with Gasteiger partial charge >= 0.3 is 7.12 Å². The molecule has 0 saturated heterocycles. The van der Waals surface area contributed by atoms with E-state index < -0.39 is 7.12 Å². The van der Waals surface area contributed by atoms with E-state index in [0.717, 1.165) is 5.56 Å². The van der Waals surface area contributed by atoms with Gasteiger partial charge in [-0.3, -0.25) is 0 Å². The molecular weight excluding hydrogens is 179 g/mol. The Balaban J connectivity index is 0.000000791. The first-order valence-corrected chi connectivity index (χ1v) is 4.66. The predicted octanol–water partition coefficient (Wildman–Crippen LogP) is 0.710. The van der Waals surface area contributed by atoms with E-state index in [1.807, 2.05) is 20.8 Å². The van der Waals surface area contributed by atoms with Crippen molar-refractivity contribution in [2.24, 2.45) is 0 Å². The number of methoxy groups -OCH3 is 1. The molecule has 0 aliphatic rings. The quantitative estimate of drug-likeness (QED) is 0.685. The van der Waals surface area contributed by atoms with Gasteiger partial charge in [0.05, 0.1) is 7.11 Å². The largest absolute Gasteiger partial charge is 0.497 e. The summed E-state index contributed by atoms with van der Waals surface area (Å²) in [6.45, 7) is 5.81. The van der Waals surface area contributed by atoms with Gasteiger partial charge in [0, 0.05) is 0 Å². The molecule has 0 bridgehead atoms. The van der Waals surface area contributed by atoms with Gasteiger partial charge in [0.15, 0.2) is 0 Å². The number of aryl methyl sites for hydroxylation is 1. The van der Waals surface area contributed by atoms with Crippen molar-refractivity contribution < 1.29 is 14.8 Å². The summed E-state index contributed by atoms with van der Waals surface area (Å²) in [5, 5.41) is 17.8. The second-order valence-electron chi connectivity index (χ2n) is 2.60. The first-order chi connectivity index (χ1) is 6.65. The fraction of sp³-hybridized carbons (Fsp3) is 0.400. The van der Waals surface area contributed by atoms with Gasteiger partial charge in [-0.1, -0.05) is 25.5 Å². The molecule has 0 heterocycles. The van der Waals surface area contributed by atoms with E-state index in [2.05, 4.69) is 0 Å². The smallest absolute Gasteiger partial charge is 0.488 e. The highest BCUT2D eigenvalue weighted by atomic mass is 16.5. The maximum Gasteiger partial charge on any atom is 0.488 e. The Morgan fingerprint density at radius 3 is 2.21 bits per heavy atom. The summed E-state index contributed by atoms with van der Waals surface area (Å²) < 4.78 is 4.94. The average molecular weight is 196 g/mol. The molecule has 78 valence electrons. The molecule has 2 N–H and O–H groups in total. The lowest BCUT2D eigenvalue weighted by atomic mass is 9.77. The highest BCUT2D eigenvalue weighted by Crippen LogP contribution is 2.08. The second-order valence-corrected chi connectivity index (χ2v) is 2.60. The molecule has 1 rings (SSSR count). The Morgan fingerprint density at radius 1 is 1.21 bits per heavy atom. The van der Waals surface area contributed by atoms with Crippen LogP contribution in [-0.4, -0.2) is 24.3 Å². The Kier molecular flexibility index (Phi) is 6.00. The van der Waals surface area contributed by atoms with Gasteiger partial charge in [0.2, 0.25) is 0 Å². The van der Waals surface area contributed by atoms with Crippen LogP contribution in [0.5, 0.6) is 5.75 Å². The summed E-state index contributed by atoms with van der Waals surface area (Å²) in [4.78, 5) is 0. The lowest BCUT2D eigenvalue weighted by molar-refractivity contribution is 0.412. The lowest BCUT2D eigenvalue weighted by Crippen LogP contribution is -2.31. The molecule has 0 aliphatic heterocycles. The SMILES string of the molecule is CC.COc1ccc(C)c(B(O)O)c1. The zero-order chi connectivity index (χ0) is 11.1. The summed E-state index contributed by atoms with van der Waals surface area (Å²) in [6.07, 6.45) is 0. The normalized spacial score (nSPS) is 8.71. The lowest BCUT2D eigenvalue weighted by Gasteiger charge is -2.06. The highest BCUT2D eigenvalue weighted by molar-refractivity contribution is 6.59. The number of hydrogen-bond donors (Lipinski definition) is 2. The molecular formula is C10H17BO3. The maximum absolute atomic E-state index is 8.92. The van der Waals surface area contributed by atoms with Crippen molar-refractivity contribution in [3.63, 3.8) is 0 Å². The molecule has 1 aromatic rings. The van der Waals surface area contributed by atoms with E-state index in [1.54, 1.807) is 18.2 Å². The average Bonchev–Trinajstić information content (AvgIpc) is 2.21. The Labute approximate surface area is 85.5 Å². The fourth-order valence-corrected chi connectivity index (χ4v) is 1.02. The van der Waals surface area contributed by atoms with Gasteiger partial charge in [0.1, 0.15) is 5.75 Å². The molecule has 0 amide bonds. The molecule has 1 aromatic carbocycles. The van der Waals surface area contributed by atoms with Crippen LogP contribution in [0.3, 0.4) is 0 Å².